The minimum absolute atomic E-state index is 0.0931. The van der Waals surface area contributed by atoms with Crippen LogP contribution in [0, 0.1) is 0 Å². The Morgan fingerprint density at radius 3 is 1.91 bits per heavy atom. The molecule has 0 saturated heterocycles. The maximum absolute atomic E-state index is 12.8. The standard InChI is InChI=1S/C24H28F3O6P/c1-5-30-23(28)16-22(33-34(29,6-2)7-3)17(4)31-19-12-14-21(15-13-19)32-20-10-8-18(9-11-20)24(25,26)27/h8-17H,5-7H2,1-4H3/b22-16-. The molecule has 1 unspecified atom stereocenters. The van der Waals surface area contributed by atoms with Crippen molar-refractivity contribution in [1.29, 1.82) is 0 Å². The third kappa shape index (κ3) is 8.13. The van der Waals surface area contributed by atoms with Gasteiger partial charge in [-0.25, -0.2) is 4.79 Å². The highest BCUT2D eigenvalue weighted by Gasteiger charge is 2.30. The molecule has 0 heterocycles. The van der Waals surface area contributed by atoms with Crippen molar-refractivity contribution in [3.8, 4) is 17.2 Å². The predicted octanol–water partition coefficient (Wildman–Crippen LogP) is 7.05. The number of hydrogen-bond acceptors (Lipinski definition) is 6. The van der Waals surface area contributed by atoms with Gasteiger partial charge in [-0.15, -0.1) is 0 Å². The highest BCUT2D eigenvalue weighted by atomic mass is 31.2. The number of hydrogen-bond donors (Lipinski definition) is 0. The van der Waals surface area contributed by atoms with Crippen molar-refractivity contribution < 1.29 is 41.3 Å². The second-order valence-corrected chi connectivity index (χ2v) is 10.3. The van der Waals surface area contributed by atoms with Gasteiger partial charge < -0.3 is 18.7 Å². The minimum Gasteiger partial charge on any atom is -0.483 e. The molecule has 2 aromatic carbocycles. The van der Waals surface area contributed by atoms with E-state index in [1.807, 2.05) is 0 Å². The molecule has 2 rings (SSSR count). The number of ether oxygens (including phenoxy) is 3. The molecule has 0 aromatic heterocycles. The Bertz CT molecular complexity index is 1010. The van der Waals surface area contributed by atoms with Gasteiger partial charge in [-0.2, -0.15) is 13.2 Å². The number of carbonyl (C=O) groups is 1. The predicted molar refractivity (Wildman–Crippen MR) is 123 cm³/mol. The molecule has 1 atom stereocenters. The molecule has 0 N–H and O–H groups in total. The first-order chi connectivity index (χ1) is 16.0. The minimum atomic E-state index is -4.42. The van der Waals surface area contributed by atoms with Crippen LogP contribution in [0.25, 0.3) is 0 Å². The highest BCUT2D eigenvalue weighted by molar-refractivity contribution is 7.59. The van der Waals surface area contributed by atoms with E-state index in [0.29, 0.717) is 23.8 Å². The Labute approximate surface area is 197 Å². The van der Waals surface area contributed by atoms with Crippen LogP contribution in [0.1, 0.15) is 33.3 Å². The summed E-state index contributed by atoms with van der Waals surface area (Å²) in [5, 5.41) is 0. The van der Waals surface area contributed by atoms with E-state index in [1.165, 1.54) is 12.1 Å². The van der Waals surface area contributed by atoms with Crippen molar-refractivity contribution in [3.05, 3.63) is 65.9 Å². The molecule has 186 valence electrons. The molecule has 0 saturated carbocycles. The van der Waals surface area contributed by atoms with Crippen molar-refractivity contribution in [2.75, 3.05) is 18.9 Å². The smallest absolute Gasteiger partial charge is 0.416 e. The van der Waals surface area contributed by atoms with Crippen molar-refractivity contribution in [2.24, 2.45) is 0 Å². The van der Waals surface area contributed by atoms with Gasteiger partial charge in [-0.1, -0.05) is 13.8 Å². The number of alkyl halides is 3. The molecular weight excluding hydrogens is 472 g/mol. The van der Waals surface area contributed by atoms with Crippen molar-refractivity contribution in [1.82, 2.24) is 0 Å². The molecular formula is C24H28F3O6P. The molecule has 0 amide bonds. The van der Waals surface area contributed by atoms with Gasteiger partial charge in [0.15, 0.2) is 11.9 Å². The van der Waals surface area contributed by atoms with Gasteiger partial charge >= 0.3 is 12.1 Å². The van der Waals surface area contributed by atoms with E-state index in [1.54, 1.807) is 52.0 Å². The summed E-state index contributed by atoms with van der Waals surface area (Å²) >= 11 is 0. The van der Waals surface area contributed by atoms with Crippen molar-refractivity contribution >= 4 is 13.3 Å². The largest absolute Gasteiger partial charge is 0.483 e. The van der Waals surface area contributed by atoms with Gasteiger partial charge in [0.2, 0.25) is 7.37 Å². The summed E-state index contributed by atoms with van der Waals surface area (Å²) in [6.45, 7) is 6.98. The van der Waals surface area contributed by atoms with Crippen LogP contribution in [0.4, 0.5) is 13.2 Å². The van der Waals surface area contributed by atoms with Gasteiger partial charge in [0, 0.05) is 12.3 Å². The van der Waals surface area contributed by atoms with Crippen LogP contribution in [-0.2, 0) is 24.8 Å². The van der Waals surface area contributed by atoms with Crippen molar-refractivity contribution in [3.63, 3.8) is 0 Å². The second-order valence-electron chi connectivity index (χ2n) is 7.19. The van der Waals surface area contributed by atoms with Gasteiger partial charge in [0.05, 0.1) is 18.2 Å². The van der Waals surface area contributed by atoms with E-state index < -0.39 is 31.2 Å². The molecule has 34 heavy (non-hydrogen) atoms. The lowest BCUT2D eigenvalue weighted by molar-refractivity contribution is -0.138. The Balaban J connectivity index is 2.11. The van der Waals surface area contributed by atoms with Crippen LogP contribution in [0.15, 0.2) is 60.4 Å². The highest BCUT2D eigenvalue weighted by Crippen LogP contribution is 2.48. The van der Waals surface area contributed by atoms with Crippen LogP contribution in [0.3, 0.4) is 0 Å². The Kier molecular flexibility index (Phi) is 9.62. The molecule has 0 aliphatic rings. The SMILES string of the molecule is CCOC(=O)/C=C(\OP(=O)(CC)CC)C(C)Oc1ccc(Oc2ccc(C(F)(F)F)cc2)cc1. The van der Waals surface area contributed by atoms with Crippen LogP contribution < -0.4 is 9.47 Å². The molecule has 0 aliphatic carbocycles. The zero-order valence-electron chi connectivity index (χ0n) is 19.4. The fourth-order valence-electron chi connectivity index (χ4n) is 2.76. The molecule has 0 bridgehead atoms. The fraction of sp³-hybridized carbons (Fsp3) is 0.375. The average molecular weight is 500 g/mol. The summed E-state index contributed by atoms with van der Waals surface area (Å²) in [5.41, 5.74) is -0.762. The van der Waals surface area contributed by atoms with Crippen molar-refractivity contribution in [2.45, 2.75) is 40.0 Å². The number of benzene rings is 2. The van der Waals surface area contributed by atoms with Gasteiger partial charge in [0.1, 0.15) is 17.2 Å². The lowest BCUT2D eigenvalue weighted by Crippen LogP contribution is -2.19. The molecule has 0 spiro atoms. The topological polar surface area (TPSA) is 71.1 Å². The lowest BCUT2D eigenvalue weighted by Gasteiger charge is -2.23. The van der Waals surface area contributed by atoms with Gasteiger partial charge in [0.25, 0.3) is 0 Å². The van der Waals surface area contributed by atoms with E-state index in [0.717, 1.165) is 18.2 Å². The number of halogens is 3. The third-order valence-electron chi connectivity index (χ3n) is 4.74. The summed E-state index contributed by atoms with van der Waals surface area (Å²) in [6.07, 6.45) is -3.44. The molecule has 0 aliphatic heterocycles. The van der Waals surface area contributed by atoms with Crippen LogP contribution in [-0.4, -0.2) is 31.0 Å². The summed E-state index contributed by atoms with van der Waals surface area (Å²) in [5.74, 6) is 0.508. The zero-order chi connectivity index (χ0) is 25.4. The molecule has 6 nitrogen and oxygen atoms in total. The summed E-state index contributed by atoms with van der Waals surface area (Å²) in [7, 11) is -2.98. The van der Waals surface area contributed by atoms with E-state index in [-0.39, 0.29) is 18.1 Å². The quantitative estimate of drug-likeness (QED) is 0.143. The molecule has 0 fully saturated rings. The first kappa shape index (κ1) is 27.3. The summed E-state index contributed by atoms with van der Waals surface area (Å²) in [6, 6.07) is 10.7. The zero-order valence-corrected chi connectivity index (χ0v) is 20.3. The third-order valence-corrected chi connectivity index (χ3v) is 7.21. The second kappa shape index (κ2) is 12.0. The van der Waals surface area contributed by atoms with Gasteiger partial charge in [-0.05, 0) is 62.4 Å². The Morgan fingerprint density at radius 2 is 1.44 bits per heavy atom. The molecule has 2 aromatic rings. The lowest BCUT2D eigenvalue weighted by atomic mass is 10.2. The molecule has 0 radical (unpaired) electrons. The number of esters is 1. The summed E-state index contributed by atoms with van der Waals surface area (Å²) in [4.78, 5) is 12.0. The first-order valence-electron chi connectivity index (χ1n) is 10.8. The first-order valence-corrected chi connectivity index (χ1v) is 12.8. The van der Waals surface area contributed by atoms with E-state index in [2.05, 4.69) is 0 Å². The number of carbonyl (C=O) groups excluding carboxylic acids is 1. The fourth-order valence-corrected chi connectivity index (χ4v) is 4.05. The molecule has 10 heteroatoms. The maximum Gasteiger partial charge on any atom is 0.416 e. The van der Waals surface area contributed by atoms with Crippen LogP contribution >= 0.6 is 7.37 Å². The van der Waals surface area contributed by atoms with E-state index in [4.69, 9.17) is 18.7 Å². The maximum atomic E-state index is 12.8. The average Bonchev–Trinajstić information content (AvgIpc) is 2.79. The monoisotopic (exact) mass is 500 g/mol. The Morgan fingerprint density at radius 1 is 0.941 bits per heavy atom. The van der Waals surface area contributed by atoms with E-state index >= 15 is 0 Å². The summed E-state index contributed by atoms with van der Waals surface area (Å²) < 4.78 is 72.9. The number of rotatable bonds is 11. The normalized spacial score (nSPS) is 13.2. The van der Waals surface area contributed by atoms with Gasteiger partial charge in [-0.3, -0.25) is 4.57 Å². The Hall–Kier alpha value is -2.93. The van der Waals surface area contributed by atoms with E-state index in [9.17, 15) is 22.5 Å². The van der Waals surface area contributed by atoms with Crippen LogP contribution in [0.2, 0.25) is 0 Å². The van der Waals surface area contributed by atoms with Crippen LogP contribution in [0.5, 0.6) is 17.2 Å².